The van der Waals surface area contributed by atoms with E-state index in [0.717, 1.165) is 18.7 Å². The van der Waals surface area contributed by atoms with Gasteiger partial charge in [-0.15, -0.1) is 6.58 Å². The summed E-state index contributed by atoms with van der Waals surface area (Å²) in [6.45, 7) is 12.5. The van der Waals surface area contributed by atoms with Crippen molar-refractivity contribution < 1.29 is 13.9 Å². The van der Waals surface area contributed by atoms with Crippen molar-refractivity contribution >= 4 is 5.78 Å². The van der Waals surface area contributed by atoms with Crippen molar-refractivity contribution in [1.82, 2.24) is 25.6 Å². The predicted octanol–water partition coefficient (Wildman–Crippen LogP) is 3.75. The summed E-state index contributed by atoms with van der Waals surface area (Å²) < 4.78 is 18.5. The van der Waals surface area contributed by atoms with E-state index in [-0.39, 0.29) is 17.5 Å². The number of hydrogen-bond donors (Lipinski definition) is 2. The third kappa shape index (κ3) is 12.0. The van der Waals surface area contributed by atoms with Gasteiger partial charge in [0.05, 0.1) is 24.7 Å². The summed E-state index contributed by atoms with van der Waals surface area (Å²) in [6, 6.07) is 5.85. The Balaban J connectivity index is 2.06. The molecule has 2 heterocycles. The monoisotopic (exact) mass is 485 g/mol. The van der Waals surface area contributed by atoms with E-state index in [0.29, 0.717) is 58.1 Å². The molecule has 0 aromatic carbocycles. The lowest BCUT2D eigenvalue weighted by atomic mass is 10.0. The zero-order valence-corrected chi connectivity index (χ0v) is 21.1. The van der Waals surface area contributed by atoms with Crippen molar-refractivity contribution in [3.05, 3.63) is 78.6 Å². The van der Waals surface area contributed by atoms with E-state index in [1.165, 1.54) is 6.92 Å². The molecule has 0 spiro atoms. The molecule has 2 rings (SSSR count). The van der Waals surface area contributed by atoms with Gasteiger partial charge in [-0.3, -0.25) is 14.7 Å². The number of nitrogens with zero attached hydrogens (tertiary/aromatic N) is 3. The Hall–Kier alpha value is -2.65. The van der Waals surface area contributed by atoms with Crippen LogP contribution >= 0.6 is 0 Å². The van der Waals surface area contributed by atoms with Gasteiger partial charge < -0.3 is 15.5 Å². The van der Waals surface area contributed by atoms with E-state index in [1.807, 2.05) is 37.3 Å². The minimum absolute atomic E-state index is 0.0476. The van der Waals surface area contributed by atoms with Crippen LogP contribution in [-0.2, 0) is 16.1 Å². The zero-order chi connectivity index (χ0) is 25.3. The first-order chi connectivity index (χ1) is 17.0. The summed E-state index contributed by atoms with van der Waals surface area (Å²) in [7, 11) is 0. The Morgan fingerprint density at radius 3 is 3.00 bits per heavy atom. The molecule has 1 atom stereocenters. The highest BCUT2D eigenvalue weighted by Gasteiger charge is 2.15. The number of carbonyl (C=O) groups excluding carboxylic acids is 1. The van der Waals surface area contributed by atoms with Crippen LogP contribution in [0.1, 0.15) is 32.4 Å². The number of ether oxygens (including phenoxy) is 1. The van der Waals surface area contributed by atoms with Gasteiger partial charge in [0, 0.05) is 57.4 Å². The first-order valence-corrected chi connectivity index (χ1v) is 12.3. The number of hydrazine groups is 1. The van der Waals surface area contributed by atoms with Crippen LogP contribution in [0.5, 0.6) is 0 Å². The maximum absolute atomic E-state index is 13.1. The fourth-order valence-electron chi connectivity index (χ4n) is 3.58. The largest absolute Gasteiger partial charge is 0.382 e. The van der Waals surface area contributed by atoms with Gasteiger partial charge in [0.2, 0.25) is 0 Å². The topological polar surface area (TPSA) is 69.7 Å². The number of pyridine rings is 1. The molecule has 0 amide bonds. The molecule has 0 bridgehead atoms. The second-order valence-electron chi connectivity index (χ2n) is 8.51. The summed E-state index contributed by atoms with van der Waals surface area (Å²) in [6.07, 6.45) is 12.0. The Morgan fingerprint density at radius 2 is 2.29 bits per heavy atom. The van der Waals surface area contributed by atoms with Crippen molar-refractivity contribution in [3.63, 3.8) is 0 Å². The summed E-state index contributed by atoms with van der Waals surface area (Å²) in [5, 5.41) is 5.37. The molecule has 1 aromatic rings. The number of ketones is 1. The third-order valence-corrected chi connectivity index (χ3v) is 5.54. The number of allylic oxidation sites excluding steroid dienone is 3. The summed E-state index contributed by atoms with van der Waals surface area (Å²) in [5.41, 5.74) is 4.89. The first-order valence-electron chi connectivity index (χ1n) is 12.3. The standard InChI is InChI=1S/C27H40FN5O2/c1-4-24(13-12-23(3)28)18-29-19-25-20-31-33(21-26-10-6-7-14-30-26)22-32(15-8-11-27(25)34)16-9-17-35-5-2/h4,6-8,10-12,14,20,24,29,31H,1,5,9,13,15-19,21-22H2,2-3H3/b11-8+,23-12+,25-20-. The Labute approximate surface area is 209 Å². The lowest BCUT2D eigenvalue weighted by Crippen LogP contribution is -2.45. The third-order valence-electron chi connectivity index (χ3n) is 5.54. The highest BCUT2D eigenvalue weighted by atomic mass is 19.1. The average Bonchev–Trinajstić information content (AvgIpc) is 2.85. The van der Waals surface area contributed by atoms with Crippen LogP contribution in [0.25, 0.3) is 0 Å². The van der Waals surface area contributed by atoms with Gasteiger partial charge in [-0.1, -0.05) is 24.3 Å². The van der Waals surface area contributed by atoms with Crippen LogP contribution in [0.4, 0.5) is 4.39 Å². The molecular formula is C27H40FN5O2. The van der Waals surface area contributed by atoms with E-state index in [1.54, 1.807) is 24.5 Å². The predicted molar refractivity (Wildman–Crippen MR) is 139 cm³/mol. The molecule has 1 aromatic heterocycles. The van der Waals surface area contributed by atoms with Gasteiger partial charge in [0.15, 0.2) is 5.78 Å². The average molecular weight is 486 g/mol. The lowest BCUT2D eigenvalue weighted by Gasteiger charge is -2.30. The number of aromatic nitrogens is 1. The molecule has 192 valence electrons. The molecule has 1 aliphatic rings. The second kappa shape index (κ2) is 16.9. The molecular weight excluding hydrogens is 445 g/mol. The molecule has 0 radical (unpaired) electrons. The summed E-state index contributed by atoms with van der Waals surface area (Å²) in [5.74, 6) is -0.157. The van der Waals surface area contributed by atoms with Crippen LogP contribution in [0.3, 0.4) is 0 Å². The molecule has 0 saturated heterocycles. The van der Waals surface area contributed by atoms with Crippen LogP contribution in [0, 0.1) is 5.92 Å². The van der Waals surface area contributed by atoms with Gasteiger partial charge in [0.1, 0.15) is 0 Å². The van der Waals surface area contributed by atoms with Crippen molar-refractivity contribution in [3.8, 4) is 0 Å². The summed E-state index contributed by atoms with van der Waals surface area (Å²) in [4.78, 5) is 19.6. The van der Waals surface area contributed by atoms with Crippen LogP contribution < -0.4 is 10.7 Å². The molecule has 35 heavy (non-hydrogen) atoms. The fraction of sp³-hybridized carbons (Fsp3) is 0.481. The highest BCUT2D eigenvalue weighted by molar-refractivity contribution is 6.04. The maximum Gasteiger partial charge on any atom is 0.184 e. The zero-order valence-electron chi connectivity index (χ0n) is 21.1. The lowest BCUT2D eigenvalue weighted by molar-refractivity contribution is -0.111. The summed E-state index contributed by atoms with van der Waals surface area (Å²) >= 11 is 0. The Kier molecular flexibility index (Phi) is 13.8. The minimum Gasteiger partial charge on any atom is -0.382 e. The molecule has 2 N–H and O–H groups in total. The highest BCUT2D eigenvalue weighted by Crippen LogP contribution is 2.09. The smallest absolute Gasteiger partial charge is 0.184 e. The molecule has 1 unspecified atom stereocenters. The normalized spacial score (nSPS) is 19.5. The van der Waals surface area contributed by atoms with E-state index >= 15 is 0 Å². The SMILES string of the molecule is C=CC(C/C=C(\C)F)CNC/C1=C/NN(Cc2ccccn2)CN(CCCOCC)C/C=C/C1=O. The molecule has 0 fully saturated rings. The van der Waals surface area contributed by atoms with E-state index in [2.05, 4.69) is 32.2 Å². The number of rotatable bonds is 14. The van der Waals surface area contributed by atoms with E-state index in [4.69, 9.17) is 4.74 Å². The molecule has 0 saturated carbocycles. The maximum atomic E-state index is 13.1. The van der Waals surface area contributed by atoms with E-state index < -0.39 is 0 Å². The van der Waals surface area contributed by atoms with Gasteiger partial charge >= 0.3 is 0 Å². The second-order valence-corrected chi connectivity index (χ2v) is 8.51. The van der Waals surface area contributed by atoms with Crippen molar-refractivity contribution in [2.45, 2.75) is 33.2 Å². The van der Waals surface area contributed by atoms with Crippen molar-refractivity contribution in [2.75, 3.05) is 46.1 Å². The number of halogens is 1. The quantitative estimate of drug-likeness (QED) is 0.307. The molecule has 7 nitrogen and oxygen atoms in total. The van der Waals surface area contributed by atoms with Crippen molar-refractivity contribution in [2.24, 2.45) is 5.92 Å². The van der Waals surface area contributed by atoms with Crippen LogP contribution in [0.2, 0.25) is 0 Å². The minimum atomic E-state index is -0.198. The molecule has 0 aliphatic carbocycles. The first kappa shape index (κ1) is 28.6. The van der Waals surface area contributed by atoms with Gasteiger partial charge in [-0.05, 0) is 50.8 Å². The van der Waals surface area contributed by atoms with Gasteiger partial charge in [-0.25, -0.2) is 9.40 Å². The van der Waals surface area contributed by atoms with E-state index in [9.17, 15) is 9.18 Å². The number of carbonyl (C=O) groups is 1. The fourth-order valence-corrected chi connectivity index (χ4v) is 3.58. The van der Waals surface area contributed by atoms with Gasteiger partial charge in [-0.2, -0.15) is 0 Å². The number of hydrogen-bond acceptors (Lipinski definition) is 7. The van der Waals surface area contributed by atoms with Gasteiger partial charge in [0.25, 0.3) is 0 Å². The Bertz CT molecular complexity index is 852. The van der Waals surface area contributed by atoms with Crippen LogP contribution in [0.15, 0.2) is 72.9 Å². The Morgan fingerprint density at radius 1 is 1.43 bits per heavy atom. The molecule has 8 heteroatoms. The van der Waals surface area contributed by atoms with Crippen molar-refractivity contribution in [1.29, 1.82) is 0 Å². The van der Waals surface area contributed by atoms with Crippen LogP contribution in [-0.4, -0.2) is 66.7 Å². The number of nitrogens with one attached hydrogen (secondary N) is 2. The molecule has 1 aliphatic heterocycles.